The highest BCUT2D eigenvalue weighted by molar-refractivity contribution is 5.83. The van der Waals surface area contributed by atoms with Gasteiger partial charge >= 0.3 is 5.97 Å². The molecule has 0 bridgehead atoms. The van der Waals surface area contributed by atoms with E-state index in [0.717, 1.165) is 11.1 Å². The first kappa shape index (κ1) is 18.0. The maximum Gasteiger partial charge on any atom is 0.308 e. The number of carbonyl (C=O) groups is 2. The number of carbonyl (C=O) groups excluding carboxylic acids is 1. The van der Waals surface area contributed by atoms with Gasteiger partial charge in [0.25, 0.3) is 5.91 Å². The number of carboxylic acids is 1. The summed E-state index contributed by atoms with van der Waals surface area (Å²) in [5.41, 5.74) is 2.00. The largest absolute Gasteiger partial charge is 0.481 e. The summed E-state index contributed by atoms with van der Waals surface area (Å²) >= 11 is 0. The van der Waals surface area contributed by atoms with E-state index in [9.17, 15) is 14.7 Å². The number of benzene rings is 2. The van der Waals surface area contributed by atoms with Crippen molar-refractivity contribution in [1.82, 2.24) is 4.90 Å². The second-order valence-corrected chi connectivity index (χ2v) is 6.78. The zero-order valence-corrected chi connectivity index (χ0v) is 15.0. The first-order valence-corrected chi connectivity index (χ1v) is 8.75. The van der Waals surface area contributed by atoms with E-state index in [2.05, 4.69) is 0 Å². The third kappa shape index (κ3) is 3.87. The molecule has 0 aromatic heterocycles. The van der Waals surface area contributed by atoms with Gasteiger partial charge in [0.2, 0.25) is 0 Å². The molecule has 136 valence electrons. The van der Waals surface area contributed by atoms with Gasteiger partial charge in [-0.25, -0.2) is 0 Å². The summed E-state index contributed by atoms with van der Waals surface area (Å²) in [5.74, 6) is -1.23. The molecular formula is C21H23NO4. The van der Waals surface area contributed by atoms with E-state index in [4.69, 9.17) is 4.74 Å². The topological polar surface area (TPSA) is 66.8 Å². The van der Waals surface area contributed by atoms with E-state index in [0.29, 0.717) is 12.3 Å². The van der Waals surface area contributed by atoms with Gasteiger partial charge in [0.1, 0.15) is 5.75 Å². The maximum absolute atomic E-state index is 12.8. The summed E-state index contributed by atoms with van der Waals surface area (Å²) in [7, 11) is 0. The van der Waals surface area contributed by atoms with Crippen LogP contribution in [0.1, 0.15) is 24.0 Å². The number of aliphatic carboxylic acids is 1. The highest BCUT2D eigenvalue weighted by Crippen LogP contribution is 2.33. The predicted molar refractivity (Wildman–Crippen MR) is 98.2 cm³/mol. The minimum Gasteiger partial charge on any atom is -0.481 e. The van der Waals surface area contributed by atoms with E-state index in [1.807, 2.05) is 61.5 Å². The number of ether oxygens (including phenoxy) is 1. The van der Waals surface area contributed by atoms with E-state index < -0.39 is 18.0 Å². The summed E-state index contributed by atoms with van der Waals surface area (Å²) in [4.78, 5) is 26.1. The molecular weight excluding hydrogens is 330 g/mol. The first-order chi connectivity index (χ1) is 12.5. The quantitative estimate of drug-likeness (QED) is 0.897. The molecule has 2 aromatic rings. The van der Waals surface area contributed by atoms with Gasteiger partial charge in [-0.05, 0) is 37.1 Å². The lowest BCUT2D eigenvalue weighted by Gasteiger charge is -2.22. The van der Waals surface area contributed by atoms with Gasteiger partial charge in [-0.2, -0.15) is 0 Å². The molecule has 1 heterocycles. The van der Waals surface area contributed by atoms with Gasteiger partial charge < -0.3 is 14.7 Å². The Morgan fingerprint density at radius 1 is 1.12 bits per heavy atom. The van der Waals surface area contributed by atoms with Crippen LogP contribution in [0.15, 0.2) is 54.6 Å². The number of hydrogen-bond acceptors (Lipinski definition) is 3. The van der Waals surface area contributed by atoms with Crippen LogP contribution in [0.2, 0.25) is 0 Å². The average molecular weight is 353 g/mol. The van der Waals surface area contributed by atoms with Crippen molar-refractivity contribution in [3.05, 3.63) is 65.7 Å². The van der Waals surface area contributed by atoms with E-state index in [1.165, 1.54) is 0 Å². The van der Waals surface area contributed by atoms with Crippen LogP contribution >= 0.6 is 0 Å². The van der Waals surface area contributed by atoms with Crippen LogP contribution in [-0.4, -0.2) is 41.1 Å². The highest BCUT2D eigenvalue weighted by atomic mass is 16.5. The Labute approximate surface area is 153 Å². The SMILES string of the molecule is Cc1cccc(OC(C)C(=O)N2CC(C(=O)O)C(c3ccccc3)C2)c1. The number of rotatable bonds is 5. The molecule has 2 aromatic carbocycles. The van der Waals surface area contributed by atoms with Crippen molar-refractivity contribution in [2.45, 2.75) is 25.9 Å². The number of carboxylic acid groups (broad SMARTS) is 1. The van der Waals surface area contributed by atoms with Gasteiger partial charge in [0, 0.05) is 19.0 Å². The lowest BCUT2D eigenvalue weighted by Crippen LogP contribution is -2.39. The highest BCUT2D eigenvalue weighted by Gasteiger charge is 2.41. The fourth-order valence-corrected chi connectivity index (χ4v) is 3.47. The third-order valence-corrected chi connectivity index (χ3v) is 4.83. The second kappa shape index (κ2) is 7.60. The minimum absolute atomic E-state index is 0.184. The molecule has 5 heteroatoms. The standard InChI is InChI=1S/C21H23NO4/c1-14-7-6-10-17(11-14)26-15(2)20(23)22-12-18(19(13-22)21(24)25)16-8-4-3-5-9-16/h3-11,15,18-19H,12-13H2,1-2H3,(H,24,25). The van der Waals surface area contributed by atoms with Crippen LogP contribution in [-0.2, 0) is 9.59 Å². The summed E-state index contributed by atoms with van der Waals surface area (Å²) in [5, 5.41) is 9.58. The lowest BCUT2D eigenvalue weighted by atomic mass is 9.89. The minimum atomic E-state index is -0.874. The van der Waals surface area contributed by atoms with Crippen LogP contribution in [0.5, 0.6) is 5.75 Å². The van der Waals surface area contributed by atoms with Crippen molar-refractivity contribution in [1.29, 1.82) is 0 Å². The molecule has 5 nitrogen and oxygen atoms in total. The molecule has 1 fully saturated rings. The van der Waals surface area contributed by atoms with Crippen LogP contribution < -0.4 is 4.74 Å². The van der Waals surface area contributed by atoms with Gasteiger partial charge in [-0.3, -0.25) is 9.59 Å². The summed E-state index contributed by atoms with van der Waals surface area (Å²) in [6.07, 6.45) is -0.666. The normalized spacial score (nSPS) is 20.6. The zero-order chi connectivity index (χ0) is 18.7. The van der Waals surface area contributed by atoms with Gasteiger partial charge in [0.15, 0.2) is 6.10 Å². The van der Waals surface area contributed by atoms with E-state index in [1.54, 1.807) is 11.8 Å². The summed E-state index contributed by atoms with van der Waals surface area (Å²) in [6, 6.07) is 17.0. The Hall–Kier alpha value is -2.82. The number of amides is 1. The molecule has 1 amide bonds. The molecule has 0 spiro atoms. The van der Waals surface area contributed by atoms with Crippen molar-refractivity contribution in [2.75, 3.05) is 13.1 Å². The number of nitrogens with zero attached hydrogens (tertiary/aromatic N) is 1. The Kier molecular flexibility index (Phi) is 5.26. The zero-order valence-electron chi connectivity index (χ0n) is 15.0. The molecule has 3 atom stereocenters. The van der Waals surface area contributed by atoms with Crippen LogP contribution in [0.25, 0.3) is 0 Å². The molecule has 1 aliphatic rings. The van der Waals surface area contributed by atoms with Crippen molar-refractivity contribution in [3.8, 4) is 5.75 Å². The van der Waals surface area contributed by atoms with Crippen LogP contribution in [0.4, 0.5) is 0 Å². The van der Waals surface area contributed by atoms with Crippen molar-refractivity contribution < 1.29 is 19.4 Å². The Morgan fingerprint density at radius 3 is 2.50 bits per heavy atom. The van der Waals surface area contributed by atoms with E-state index in [-0.39, 0.29) is 18.4 Å². The molecule has 3 unspecified atom stereocenters. The number of likely N-dealkylation sites (tertiary alicyclic amines) is 1. The first-order valence-electron chi connectivity index (χ1n) is 8.75. The van der Waals surface area contributed by atoms with Crippen molar-refractivity contribution in [2.24, 2.45) is 5.92 Å². The molecule has 0 saturated carbocycles. The predicted octanol–water partition coefficient (Wildman–Crippen LogP) is 3.09. The van der Waals surface area contributed by atoms with Crippen LogP contribution in [0.3, 0.4) is 0 Å². The fraction of sp³-hybridized carbons (Fsp3) is 0.333. The molecule has 1 saturated heterocycles. The number of aryl methyl sites for hydroxylation is 1. The van der Waals surface area contributed by atoms with Gasteiger partial charge in [-0.15, -0.1) is 0 Å². The van der Waals surface area contributed by atoms with Crippen molar-refractivity contribution >= 4 is 11.9 Å². The molecule has 26 heavy (non-hydrogen) atoms. The molecule has 0 aliphatic carbocycles. The Balaban J connectivity index is 1.72. The molecule has 1 aliphatic heterocycles. The Bertz CT molecular complexity index is 790. The summed E-state index contributed by atoms with van der Waals surface area (Å²) in [6.45, 7) is 4.26. The third-order valence-electron chi connectivity index (χ3n) is 4.83. The fourth-order valence-electron chi connectivity index (χ4n) is 3.47. The molecule has 0 radical (unpaired) electrons. The van der Waals surface area contributed by atoms with Crippen LogP contribution in [0, 0.1) is 12.8 Å². The lowest BCUT2D eigenvalue weighted by molar-refractivity contribution is -0.142. The monoisotopic (exact) mass is 353 g/mol. The smallest absolute Gasteiger partial charge is 0.308 e. The summed E-state index contributed by atoms with van der Waals surface area (Å²) < 4.78 is 5.77. The van der Waals surface area contributed by atoms with Gasteiger partial charge in [-0.1, -0.05) is 42.5 Å². The maximum atomic E-state index is 12.8. The number of hydrogen-bond donors (Lipinski definition) is 1. The molecule has 1 N–H and O–H groups in total. The second-order valence-electron chi connectivity index (χ2n) is 6.78. The van der Waals surface area contributed by atoms with Gasteiger partial charge in [0.05, 0.1) is 5.92 Å². The van der Waals surface area contributed by atoms with Crippen molar-refractivity contribution in [3.63, 3.8) is 0 Å². The average Bonchev–Trinajstić information content (AvgIpc) is 3.07. The molecule has 3 rings (SSSR count). The Morgan fingerprint density at radius 2 is 1.85 bits per heavy atom. The van der Waals surface area contributed by atoms with E-state index >= 15 is 0 Å².